The van der Waals surface area contributed by atoms with Gasteiger partial charge in [-0.2, -0.15) is 0 Å². The number of carbonyl (C=O) groups is 1. The Morgan fingerprint density at radius 3 is 2.50 bits per heavy atom. The lowest BCUT2D eigenvalue weighted by Gasteiger charge is -2.10. The summed E-state index contributed by atoms with van der Waals surface area (Å²) in [7, 11) is 0. The third kappa shape index (κ3) is 3.35. The second-order valence-electron chi connectivity index (χ2n) is 4.51. The number of aryl methyl sites for hydroxylation is 1. The van der Waals surface area contributed by atoms with Crippen LogP contribution in [0.25, 0.3) is 0 Å². The van der Waals surface area contributed by atoms with E-state index in [9.17, 15) is 9.18 Å². The number of carboxylic acid groups (broad SMARTS) is 1. The molecule has 2 N–H and O–H groups in total. The molecule has 3 nitrogen and oxygen atoms in total. The van der Waals surface area contributed by atoms with Crippen molar-refractivity contribution in [2.45, 2.75) is 19.9 Å². The molecule has 0 spiro atoms. The number of anilines is 1. The average molecular weight is 273 g/mol. The van der Waals surface area contributed by atoms with Crippen LogP contribution in [0.2, 0.25) is 0 Å². The predicted molar refractivity (Wildman–Crippen MR) is 76.5 cm³/mol. The van der Waals surface area contributed by atoms with Gasteiger partial charge in [0, 0.05) is 12.2 Å². The summed E-state index contributed by atoms with van der Waals surface area (Å²) >= 11 is 0. The fourth-order valence-corrected chi connectivity index (χ4v) is 2.01. The van der Waals surface area contributed by atoms with Gasteiger partial charge in [0.1, 0.15) is 5.82 Å². The van der Waals surface area contributed by atoms with E-state index in [0.29, 0.717) is 18.5 Å². The van der Waals surface area contributed by atoms with E-state index < -0.39 is 5.97 Å². The molecule has 2 rings (SSSR count). The molecule has 0 heterocycles. The summed E-state index contributed by atoms with van der Waals surface area (Å²) in [5, 5.41) is 12.3. The van der Waals surface area contributed by atoms with E-state index in [1.54, 1.807) is 24.3 Å². The van der Waals surface area contributed by atoms with Gasteiger partial charge in [0.25, 0.3) is 0 Å². The molecular weight excluding hydrogens is 257 g/mol. The van der Waals surface area contributed by atoms with Crippen LogP contribution in [0.3, 0.4) is 0 Å². The van der Waals surface area contributed by atoms with Crippen molar-refractivity contribution in [2.24, 2.45) is 0 Å². The van der Waals surface area contributed by atoms with Crippen LogP contribution >= 0.6 is 0 Å². The van der Waals surface area contributed by atoms with E-state index in [-0.39, 0.29) is 5.82 Å². The molecule has 4 heteroatoms. The highest BCUT2D eigenvalue weighted by Gasteiger charge is 2.09. The lowest BCUT2D eigenvalue weighted by molar-refractivity contribution is 0.0696. The van der Waals surface area contributed by atoms with Gasteiger partial charge >= 0.3 is 5.97 Å². The molecule has 20 heavy (non-hydrogen) atoms. The van der Waals surface area contributed by atoms with E-state index in [2.05, 4.69) is 5.32 Å². The van der Waals surface area contributed by atoms with Gasteiger partial charge in [-0.25, -0.2) is 9.18 Å². The Kier molecular flexibility index (Phi) is 4.35. The Hall–Kier alpha value is -2.36. The predicted octanol–water partition coefficient (Wildman–Crippen LogP) is 3.70. The molecule has 0 radical (unpaired) electrons. The van der Waals surface area contributed by atoms with Crippen LogP contribution in [0, 0.1) is 5.82 Å². The quantitative estimate of drug-likeness (QED) is 0.873. The minimum absolute atomic E-state index is 0.257. The lowest BCUT2D eigenvalue weighted by atomic mass is 10.0. The highest BCUT2D eigenvalue weighted by Crippen LogP contribution is 2.17. The number of hydrogen-bond donors (Lipinski definition) is 2. The number of hydrogen-bond acceptors (Lipinski definition) is 2. The zero-order valence-corrected chi connectivity index (χ0v) is 11.2. The van der Waals surface area contributed by atoms with Gasteiger partial charge in [0.15, 0.2) is 0 Å². The van der Waals surface area contributed by atoms with Crippen molar-refractivity contribution in [1.82, 2.24) is 0 Å². The zero-order chi connectivity index (χ0) is 14.5. The molecule has 2 aromatic carbocycles. The monoisotopic (exact) mass is 273 g/mol. The first-order chi connectivity index (χ1) is 9.60. The molecule has 104 valence electrons. The van der Waals surface area contributed by atoms with Crippen LogP contribution in [0.15, 0.2) is 42.5 Å². The van der Waals surface area contributed by atoms with Crippen molar-refractivity contribution in [3.63, 3.8) is 0 Å². The van der Waals surface area contributed by atoms with Gasteiger partial charge in [-0.3, -0.25) is 0 Å². The maximum atomic E-state index is 12.8. The number of rotatable bonds is 5. The summed E-state index contributed by atoms with van der Waals surface area (Å²) in [6, 6.07) is 11.5. The van der Waals surface area contributed by atoms with Gasteiger partial charge in [0.2, 0.25) is 0 Å². The number of nitrogens with one attached hydrogen (secondary N) is 1. The van der Waals surface area contributed by atoms with E-state index in [0.717, 1.165) is 16.8 Å². The van der Waals surface area contributed by atoms with Crippen LogP contribution in [0.1, 0.15) is 28.4 Å². The molecule has 0 aliphatic heterocycles. The molecule has 0 saturated carbocycles. The van der Waals surface area contributed by atoms with Gasteiger partial charge in [-0.1, -0.05) is 19.1 Å². The van der Waals surface area contributed by atoms with E-state index in [1.807, 2.05) is 13.0 Å². The summed E-state index contributed by atoms with van der Waals surface area (Å²) in [4.78, 5) is 11.0. The first-order valence-electron chi connectivity index (χ1n) is 6.44. The van der Waals surface area contributed by atoms with Crippen molar-refractivity contribution in [3.8, 4) is 0 Å². The Balaban J connectivity index is 2.10. The van der Waals surface area contributed by atoms with Gasteiger partial charge < -0.3 is 10.4 Å². The smallest absolute Gasteiger partial charge is 0.335 e. The maximum Gasteiger partial charge on any atom is 0.335 e. The molecule has 0 amide bonds. The molecule has 2 aromatic rings. The molecule has 0 aliphatic rings. The highest BCUT2D eigenvalue weighted by molar-refractivity contribution is 5.90. The second-order valence-corrected chi connectivity index (χ2v) is 4.51. The largest absolute Gasteiger partial charge is 0.478 e. The summed E-state index contributed by atoms with van der Waals surface area (Å²) in [6.07, 6.45) is 0.660. The Bertz CT molecular complexity index is 608. The van der Waals surface area contributed by atoms with Crippen LogP contribution in [0.4, 0.5) is 10.1 Å². The maximum absolute atomic E-state index is 12.8. The first kappa shape index (κ1) is 14.1. The Labute approximate surface area is 117 Å². The molecule has 0 fully saturated rings. The normalized spacial score (nSPS) is 10.3. The van der Waals surface area contributed by atoms with E-state index in [4.69, 9.17) is 5.11 Å². The molecule has 0 aliphatic carbocycles. The average Bonchev–Trinajstić information content (AvgIpc) is 2.46. The fraction of sp³-hybridized carbons (Fsp3) is 0.188. The van der Waals surface area contributed by atoms with Crippen molar-refractivity contribution in [2.75, 3.05) is 5.32 Å². The lowest BCUT2D eigenvalue weighted by Crippen LogP contribution is -2.04. The summed E-state index contributed by atoms with van der Waals surface area (Å²) in [6.45, 7) is 2.49. The first-order valence-corrected chi connectivity index (χ1v) is 6.44. The Morgan fingerprint density at radius 1 is 1.20 bits per heavy atom. The molecule has 0 aromatic heterocycles. The van der Waals surface area contributed by atoms with Crippen LogP contribution in [-0.4, -0.2) is 11.1 Å². The summed E-state index contributed by atoms with van der Waals surface area (Å²) in [5.74, 6) is -1.17. The molecule has 0 unspecified atom stereocenters. The summed E-state index contributed by atoms with van der Waals surface area (Å²) < 4.78 is 12.8. The van der Waals surface area contributed by atoms with Crippen LogP contribution in [0.5, 0.6) is 0 Å². The molecule has 0 bridgehead atoms. The minimum Gasteiger partial charge on any atom is -0.478 e. The third-order valence-electron chi connectivity index (χ3n) is 3.13. The van der Waals surface area contributed by atoms with E-state index >= 15 is 0 Å². The second kappa shape index (κ2) is 6.19. The summed E-state index contributed by atoms with van der Waals surface area (Å²) in [5.41, 5.74) is 2.95. The number of benzene rings is 2. The topological polar surface area (TPSA) is 49.3 Å². The van der Waals surface area contributed by atoms with Crippen molar-refractivity contribution < 1.29 is 14.3 Å². The highest BCUT2D eigenvalue weighted by atomic mass is 19.1. The van der Waals surface area contributed by atoms with Crippen molar-refractivity contribution >= 4 is 11.7 Å². The van der Waals surface area contributed by atoms with Crippen LogP contribution < -0.4 is 5.32 Å². The minimum atomic E-state index is -0.910. The number of halogens is 1. The number of carboxylic acids is 1. The zero-order valence-electron chi connectivity index (χ0n) is 11.2. The standard InChI is InChI=1S/C16H16FNO2/c1-2-12-9-14(7-8-15(12)16(19)20)18-10-11-3-5-13(17)6-4-11/h3-9,18H,2,10H2,1H3,(H,19,20). The third-order valence-corrected chi connectivity index (χ3v) is 3.13. The van der Waals surface area contributed by atoms with Gasteiger partial charge in [-0.15, -0.1) is 0 Å². The number of aromatic carboxylic acids is 1. The molecule has 0 atom stereocenters. The van der Waals surface area contributed by atoms with Gasteiger partial charge in [-0.05, 0) is 47.9 Å². The van der Waals surface area contributed by atoms with Crippen molar-refractivity contribution in [1.29, 1.82) is 0 Å². The van der Waals surface area contributed by atoms with Crippen molar-refractivity contribution in [3.05, 3.63) is 65.0 Å². The Morgan fingerprint density at radius 2 is 1.90 bits per heavy atom. The molecular formula is C16H16FNO2. The SMILES string of the molecule is CCc1cc(NCc2ccc(F)cc2)ccc1C(=O)O. The van der Waals surface area contributed by atoms with Gasteiger partial charge in [0.05, 0.1) is 5.56 Å². The molecule has 0 saturated heterocycles. The van der Waals surface area contributed by atoms with Crippen LogP contribution in [-0.2, 0) is 13.0 Å². The fourth-order valence-electron chi connectivity index (χ4n) is 2.01. The van der Waals surface area contributed by atoms with E-state index in [1.165, 1.54) is 12.1 Å².